The van der Waals surface area contributed by atoms with Gasteiger partial charge in [0.2, 0.25) is 5.91 Å². The summed E-state index contributed by atoms with van der Waals surface area (Å²) in [6, 6.07) is 3.56. The van der Waals surface area contributed by atoms with Gasteiger partial charge in [-0.05, 0) is 17.5 Å². The van der Waals surface area contributed by atoms with E-state index in [1.807, 2.05) is 0 Å². The molecule has 1 fully saturated rings. The number of rotatable bonds is 8. The number of nitrogens with one attached hydrogen (secondary N) is 1. The van der Waals surface area contributed by atoms with Crippen LogP contribution in [-0.4, -0.2) is 76.7 Å². The van der Waals surface area contributed by atoms with Crippen LogP contribution in [0.5, 0.6) is 5.75 Å². The number of primary amides is 1. The van der Waals surface area contributed by atoms with Crippen molar-refractivity contribution in [2.24, 2.45) is 10.9 Å². The highest BCUT2D eigenvalue weighted by Gasteiger charge is 2.56. The van der Waals surface area contributed by atoms with Crippen LogP contribution in [0, 0.1) is 0 Å². The van der Waals surface area contributed by atoms with Crippen LogP contribution in [0.15, 0.2) is 40.4 Å². The molecule has 34 heavy (non-hydrogen) atoms. The number of ether oxygens (including phenoxy) is 2. The fourth-order valence-electron chi connectivity index (χ4n) is 3.38. The van der Waals surface area contributed by atoms with Crippen molar-refractivity contribution in [1.29, 1.82) is 0 Å². The van der Waals surface area contributed by atoms with Crippen LogP contribution in [0.3, 0.4) is 0 Å². The summed E-state index contributed by atoms with van der Waals surface area (Å²) >= 11 is 1.08. The van der Waals surface area contributed by atoms with Gasteiger partial charge < -0.3 is 35.4 Å². The lowest BCUT2D eigenvalue weighted by Crippen LogP contribution is -2.74. The van der Waals surface area contributed by atoms with E-state index in [1.165, 1.54) is 43.7 Å². The molecule has 2 aliphatic heterocycles. The van der Waals surface area contributed by atoms with Crippen molar-refractivity contribution >= 4 is 47.3 Å². The Morgan fingerprint density at radius 2 is 2.03 bits per heavy atom. The Bertz CT molecular complexity index is 1100. The average molecular weight is 492 g/mol. The lowest BCUT2D eigenvalue weighted by atomic mass is 9.98. The molecule has 1 aromatic carbocycles. The van der Waals surface area contributed by atoms with Crippen LogP contribution < -0.4 is 15.8 Å². The second kappa shape index (κ2) is 10.2. The number of esters is 1. The van der Waals surface area contributed by atoms with E-state index in [-0.39, 0.29) is 22.6 Å². The van der Waals surface area contributed by atoms with E-state index in [4.69, 9.17) is 15.3 Å². The first kappa shape index (κ1) is 24.6. The van der Waals surface area contributed by atoms with Crippen molar-refractivity contribution in [3.8, 4) is 5.75 Å². The number of hydrogen-bond donors (Lipinski definition) is 3. The number of fused-ring (bicyclic) bond motifs is 1. The molecular weight excluding hydrogens is 472 g/mol. The molecule has 3 amide bonds. The summed E-state index contributed by atoms with van der Waals surface area (Å²) in [5, 5.41) is 16.6. The molecule has 0 aromatic heterocycles. The Morgan fingerprint density at radius 3 is 2.65 bits per heavy atom. The van der Waals surface area contributed by atoms with Crippen molar-refractivity contribution in [1.82, 2.24) is 10.2 Å². The molecule has 180 valence electrons. The number of benzene rings is 1. The third-order valence-electron chi connectivity index (χ3n) is 4.74. The van der Waals surface area contributed by atoms with Crippen molar-refractivity contribution in [2.75, 3.05) is 13.7 Å². The summed E-state index contributed by atoms with van der Waals surface area (Å²) in [6.07, 6.45) is -1.08. The molecule has 4 N–H and O–H groups in total. The molecular formula is C20H20N4O9S. The van der Waals surface area contributed by atoms with Gasteiger partial charge in [-0.1, -0.05) is 17.3 Å². The smallest absolute Gasteiger partial charge is 0.404 e. The standard InChI is InChI=1S/C20H20N4O9S/c1-9(25)33-12-5-3-4-10(6-12)13(23-31-2)16(26)22-14-17(27)24-15(19(28)29)11(7-32-20(21)30)8-34-18(14)24/h3-6,8,14-15,18H,7H2,1-2H3,(H2,21,30)(H,22,26)(H,28,29)/t14?,15?,18-/m1/s1. The number of aliphatic carboxylic acids is 1. The minimum atomic E-state index is -1.38. The first-order valence-electron chi connectivity index (χ1n) is 9.66. The van der Waals surface area contributed by atoms with E-state index in [9.17, 15) is 29.1 Å². The second-order valence-corrected chi connectivity index (χ2v) is 8.00. The number of amides is 3. The van der Waals surface area contributed by atoms with Gasteiger partial charge in [0.1, 0.15) is 30.9 Å². The van der Waals surface area contributed by atoms with Gasteiger partial charge in [-0.3, -0.25) is 14.4 Å². The van der Waals surface area contributed by atoms with E-state index in [2.05, 4.69) is 15.2 Å². The molecule has 0 aliphatic carbocycles. The van der Waals surface area contributed by atoms with Crippen LogP contribution in [0.4, 0.5) is 4.79 Å². The van der Waals surface area contributed by atoms with Crippen LogP contribution >= 0.6 is 11.8 Å². The highest BCUT2D eigenvalue weighted by Crippen LogP contribution is 2.40. The van der Waals surface area contributed by atoms with E-state index < -0.39 is 53.9 Å². The molecule has 0 spiro atoms. The number of carbonyl (C=O) groups excluding carboxylic acids is 4. The van der Waals surface area contributed by atoms with E-state index in [1.54, 1.807) is 0 Å². The van der Waals surface area contributed by atoms with Crippen LogP contribution in [0.1, 0.15) is 12.5 Å². The lowest BCUT2D eigenvalue weighted by Gasteiger charge is -2.51. The number of nitrogens with two attached hydrogens (primary N) is 1. The normalized spacial score (nSPS) is 21.4. The molecule has 0 bridgehead atoms. The molecule has 2 heterocycles. The van der Waals surface area contributed by atoms with Crippen LogP contribution in [-0.2, 0) is 28.8 Å². The van der Waals surface area contributed by atoms with Crippen molar-refractivity contribution in [3.63, 3.8) is 0 Å². The number of β-lactam (4-membered cyclic amide) rings is 1. The predicted molar refractivity (Wildman–Crippen MR) is 116 cm³/mol. The maximum Gasteiger partial charge on any atom is 0.404 e. The molecule has 3 atom stereocenters. The van der Waals surface area contributed by atoms with Gasteiger partial charge in [0.05, 0.1) is 0 Å². The summed E-state index contributed by atoms with van der Waals surface area (Å²) in [7, 11) is 1.23. The summed E-state index contributed by atoms with van der Waals surface area (Å²) in [5.74, 6) is -3.11. The van der Waals surface area contributed by atoms with Crippen molar-refractivity contribution in [2.45, 2.75) is 24.4 Å². The fourth-order valence-corrected chi connectivity index (χ4v) is 4.59. The van der Waals surface area contributed by atoms with Gasteiger partial charge in [-0.2, -0.15) is 0 Å². The van der Waals surface area contributed by atoms with E-state index >= 15 is 0 Å². The number of thioether (sulfide) groups is 1. The zero-order valence-corrected chi connectivity index (χ0v) is 18.7. The van der Waals surface area contributed by atoms with Gasteiger partial charge >= 0.3 is 18.0 Å². The minimum Gasteiger partial charge on any atom is -0.479 e. The molecule has 0 saturated carbocycles. The summed E-state index contributed by atoms with van der Waals surface area (Å²) in [6.45, 7) is 0.833. The third-order valence-corrected chi connectivity index (χ3v) is 5.95. The molecule has 13 nitrogen and oxygen atoms in total. The largest absolute Gasteiger partial charge is 0.479 e. The number of hydrogen-bond acceptors (Lipinski definition) is 10. The van der Waals surface area contributed by atoms with Crippen molar-refractivity contribution < 1.29 is 43.4 Å². The first-order chi connectivity index (χ1) is 16.1. The second-order valence-electron chi connectivity index (χ2n) is 7.01. The minimum absolute atomic E-state index is 0.162. The monoisotopic (exact) mass is 492 g/mol. The van der Waals surface area contributed by atoms with Crippen molar-refractivity contribution in [3.05, 3.63) is 40.8 Å². The molecule has 2 aliphatic rings. The lowest BCUT2D eigenvalue weighted by molar-refractivity contribution is -0.160. The number of carboxylic acids is 1. The Labute approximate surface area is 196 Å². The van der Waals surface area contributed by atoms with Gasteiger partial charge in [-0.25, -0.2) is 9.59 Å². The van der Waals surface area contributed by atoms with Gasteiger partial charge in [0, 0.05) is 18.1 Å². The molecule has 1 aromatic rings. The van der Waals surface area contributed by atoms with Gasteiger partial charge in [-0.15, -0.1) is 11.8 Å². The maximum absolute atomic E-state index is 12.9. The van der Waals surface area contributed by atoms with Crippen LogP contribution in [0.2, 0.25) is 0 Å². The highest BCUT2D eigenvalue weighted by atomic mass is 32.2. The summed E-state index contributed by atoms with van der Waals surface area (Å²) < 4.78 is 9.67. The van der Waals surface area contributed by atoms with Gasteiger partial charge in [0.25, 0.3) is 5.91 Å². The van der Waals surface area contributed by atoms with Crippen LogP contribution in [0.25, 0.3) is 0 Å². The SMILES string of the molecule is CON=C(C(=O)NC1C(=O)N2C(C(=O)O)C(COC(N)=O)=CS[C@H]12)c1cccc(OC(C)=O)c1. The topological polar surface area (TPSA) is 187 Å². The van der Waals surface area contributed by atoms with E-state index in [0.717, 1.165) is 16.7 Å². The Morgan fingerprint density at radius 1 is 1.29 bits per heavy atom. The molecule has 0 radical (unpaired) electrons. The van der Waals surface area contributed by atoms with E-state index in [0.29, 0.717) is 0 Å². The molecule has 3 rings (SSSR count). The Kier molecular flexibility index (Phi) is 7.40. The number of carbonyl (C=O) groups is 5. The van der Waals surface area contributed by atoms with Gasteiger partial charge in [0.15, 0.2) is 11.8 Å². The number of oxime groups is 1. The Hall–Kier alpha value is -4.07. The zero-order valence-electron chi connectivity index (χ0n) is 17.9. The maximum atomic E-state index is 12.9. The number of nitrogens with zero attached hydrogens (tertiary/aromatic N) is 2. The zero-order chi connectivity index (χ0) is 25.0. The fraction of sp³-hybridized carbons (Fsp3) is 0.300. The number of carboxylic acid groups (broad SMARTS) is 1. The Balaban J connectivity index is 1.78. The quantitative estimate of drug-likeness (QED) is 0.144. The average Bonchev–Trinajstić information content (AvgIpc) is 2.78. The predicted octanol–water partition coefficient (Wildman–Crippen LogP) is -0.205. The summed E-state index contributed by atoms with van der Waals surface area (Å²) in [4.78, 5) is 65.4. The third kappa shape index (κ3) is 5.11. The molecule has 2 unspecified atom stereocenters. The highest BCUT2D eigenvalue weighted by molar-refractivity contribution is 8.03. The molecule has 1 saturated heterocycles. The summed E-state index contributed by atoms with van der Waals surface area (Å²) in [5.41, 5.74) is 5.16. The first-order valence-corrected chi connectivity index (χ1v) is 10.6. The molecule has 14 heteroatoms.